The van der Waals surface area contributed by atoms with Gasteiger partial charge in [-0.25, -0.2) is 4.98 Å². The molecule has 3 heterocycles. The van der Waals surface area contributed by atoms with Crippen molar-refractivity contribution in [2.45, 2.75) is 65.2 Å². The molecule has 0 atom stereocenters. The third-order valence-electron chi connectivity index (χ3n) is 9.08. The molecule has 2 aliphatic heterocycles. The molecular weight excluding hydrogens is 524 g/mol. The van der Waals surface area contributed by atoms with Crippen LogP contribution < -0.4 is 4.90 Å². The number of hydrogen-bond acceptors (Lipinski definition) is 3. The summed E-state index contributed by atoms with van der Waals surface area (Å²) in [5, 5.41) is 0. The lowest BCUT2D eigenvalue weighted by atomic mass is 9.81. The highest BCUT2D eigenvalue weighted by atomic mass is 15.2. The lowest BCUT2D eigenvalue weighted by molar-refractivity contribution is -0.437. The van der Waals surface area contributed by atoms with Crippen molar-refractivity contribution in [2.24, 2.45) is 0 Å². The number of benzene rings is 3. The molecule has 0 spiro atoms. The first-order valence-electron chi connectivity index (χ1n) is 15.7. The summed E-state index contributed by atoms with van der Waals surface area (Å²) in [7, 11) is 0. The van der Waals surface area contributed by atoms with Crippen LogP contribution in [0, 0.1) is 0 Å². The summed E-state index contributed by atoms with van der Waals surface area (Å²) in [4.78, 5) is 12.4. The average molecular weight is 568 g/mol. The van der Waals surface area contributed by atoms with Crippen LogP contribution in [0.1, 0.15) is 71.2 Å². The Labute approximate surface area is 256 Å². The molecule has 2 aliphatic rings. The molecule has 0 saturated carbocycles. The molecule has 0 unspecified atom stereocenters. The number of para-hydroxylation sites is 4. The molecule has 4 aromatic rings. The molecule has 0 fully saturated rings. The second kappa shape index (κ2) is 11.4. The zero-order valence-corrected chi connectivity index (χ0v) is 26.4. The third kappa shape index (κ3) is 5.03. The molecule has 0 amide bonds. The van der Waals surface area contributed by atoms with Crippen LogP contribution in [0.15, 0.2) is 109 Å². The fourth-order valence-electron chi connectivity index (χ4n) is 6.87. The van der Waals surface area contributed by atoms with E-state index in [1.54, 1.807) is 0 Å². The van der Waals surface area contributed by atoms with Gasteiger partial charge >= 0.3 is 0 Å². The van der Waals surface area contributed by atoms with Gasteiger partial charge in [0, 0.05) is 53.0 Å². The van der Waals surface area contributed by atoms with Gasteiger partial charge < -0.3 is 4.90 Å². The van der Waals surface area contributed by atoms with Gasteiger partial charge in [0.15, 0.2) is 5.71 Å². The molecule has 0 radical (unpaired) electrons. The maximum Gasteiger partial charge on any atom is 0.209 e. The van der Waals surface area contributed by atoms with E-state index >= 15 is 0 Å². The lowest BCUT2D eigenvalue weighted by Gasteiger charge is -2.26. The number of anilines is 1. The first-order valence-corrected chi connectivity index (χ1v) is 15.7. The minimum Gasteiger partial charge on any atom is -0.344 e. The van der Waals surface area contributed by atoms with E-state index in [-0.39, 0.29) is 10.8 Å². The van der Waals surface area contributed by atoms with Crippen molar-refractivity contribution < 1.29 is 4.58 Å². The van der Waals surface area contributed by atoms with E-state index in [9.17, 15) is 0 Å². The first kappa shape index (κ1) is 28.8. The van der Waals surface area contributed by atoms with Gasteiger partial charge in [-0.1, -0.05) is 82.3 Å². The standard InChI is InChI=1S/C39H43N4/c1-7-25-42-34-19-13-9-15-29(34)38(3,4)36(42)23-21-28(33-27-40-31-17-11-12-18-32(31)41-33)22-24-37-39(5,6)30-16-10-14-20-35(30)43(37)26-8-2/h9-24,27H,7-8,25-26H2,1-6H3/q+1. The number of fused-ring (bicyclic) bond motifs is 3. The Morgan fingerprint density at radius 2 is 1.51 bits per heavy atom. The van der Waals surface area contributed by atoms with E-state index in [1.165, 1.54) is 33.9 Å². The summed E-state index contributed by atoms with van der Waals surface area (Å²) >= 11 is 0. The van der Waals surface area contributed by atoms with Crippen LogP contribution in [0.25, 0.3) is 16.6 Å². The van der Waals surface area contributed by atoms with Crippen molar-refractivity contribution in [2.75, 3.05) is 18.0 Å². The van der Waals surface area contributed by atoms with Crippen LogP contribution in [0.5, 0.6) is 0 Å². The van der Waals surface area contributed by atoms with Gasteiger partial charge in [0.05, 0.1) is 28.3 Å². The van der Waals surface area contributed by atoms with E-state index in [0.717, 1.165) is 48.2 Å². The summed E-state index contributed by atoms with van der Waals surface area (Å²) in [5.41, 5.74) is 11.5. The number of hydrogen-bond donors (Lipinski definition) is 0. The van der Waals surface area contributed by atoms with Crippen molar-refractivity contribution in [3.8, 4) is 0 Å². The van der Waals surface area contributed by atoms with Crippen LogP contribution >= 0.6 is 0 Å². The van der Waals surface area contributed by atoms with Gasteiger partial charge in [-0.3, -0.25) is 4.98 Å². The van der Waals surface area contributed by atoms with Crippen molar-refractivity contribution in [3.63, 3.8) is 0 Å². The van der Waals surface area contributed by atoms with Gasteiger partial charge in [0.1, 0.15) is 6.54 Å². The number of aromatic nitrogens is 2. The van der Waals surface area contributed by atoms with Crippen LogP contribution in [0.4, 0.5) is 11.4 Å². The van der Waals surface area contributed by atoms with Gasteiger partial charge in [-0.05, 0) is 56.2 Å². The molecule has 0 N–H and O–H groups in total. The molecule has 0 saturated heterocycles. The van der Waals surface area contributed by atoms with Crippen LogP contribution in [0.3, 0.4) is 0 Å². The fraction of sp³-hybridized carbons (Fsp3) is 0.308. The Morgan fingerprint density at radius 1 is 0.814 bits per heavy atom. The predicted molar refractivity (Wildman–Crippen MR) is 181 cm³/mol. The summed E-state index contributed by atoms with van der Waals surface area (Å²) < 4.78 is 2.49. The molecule has 0 bridgehead atoms. The Kier molecular flexibility index (Phi) is 7.64. The largest absolute Gasteiger partial charge is 0.344 e. The minimum atomic E-state index is -0.103. The number of nitrogens with zero attached hydrogens (tertiary/aromatic N) is 4. The quantitative estimate of drug-likeness (QED) is 0.157. The minimum absolute atomic E-state index is 0.103. The molecular formula is C39H43N4+. The molecule has 3 aromatic carbocycles. The second-order valence-electron chi connectivity index (χ2n) is 12.7. The number of rotatable bonds is 8. The van der Waals surface area contributed by atoms with E-state index in [0.29, 0.717) is 0 Å². The predicted octanol–water partition coefficient (Wildman–Crippen LogP) is 9.15. The van der Waals surface area contributed by atoms with Gasteiger partial charge in [-0.15, -0.1) is 0 Å². The van der Waals surface area contributed by atoms with E-state index < -0.39 is 0 Å². The fourth-order valence-corrected chi connectivity index (χ4v) is 6.87. The summed E-state index contributed by atoms with van der Waals surface area (Å²) in [6.07, 6.45) is 13.2. The monoisotopic (exact) mass is 567 g/mol. The molecule has 4 nitrogen and oxygen atoms in total. The average Bonchev–Trinajstić information content (AvgIpc) is 3.36. The van der Waals surface area contributed by atoms with Crippen LogP contribution in [-0.4, -0.2) is 33.3 Å². The van der Waals surface area contributed by atoms with E-state index in [1.807, 2.05) is 30.5 Å². The second-order valence-corrected chi connectivity index (χ2v) is 12.7. The maximum atomic E-state index is 5.08. The molecule has 1 aromatic heterocycles. The Bertz CT molecular complexity index is 1800. The molecule has 43 heavy (non-hydrogen) atoms. The summed E-state index contributed by atoms with van der Waals surface area (Å²) in [5.74, 6) is 0. The summed E-state index contributed by atoms with van der Waals surface area (Å²) in [6.45, 7) is 15.8. The molecule has 218 valence electrons. The Balaban J connectivity index is 1.50. The maximum absolute atomic E-state index is 5.08. The zero-order valence-electron chi connectivity index (χ0n) is 26.4. The summed E-state index contributed by atoms with van der Waals surface area (Å²) in [6, 6.07) is 25.8. The number of allylic oxidation sites excluding steroid dienone is 6. The van der Waals surface area contributed by atoms with Crippen molar-refractivity contribution in [3.05, 3.63) is 126 Å². The smallest absolute Gasteiger partial charge is 0.209 e. The zero-order chi connectivity index (χ0) is 30.2. The first-order chi connectivity index (χ1) is 20.8. The van der Waals surface area contributed by atoms with Crippen LogP contribution in [-0.2, 0) is 10.8 Å². The topological polar surface area (TPSA) is 32.0 Å². The SMILES string of the molecule is CCCN1/C(=C/C=C(/C=C/C2=[N+](CCC)c3ccccc3C2(C)C)c2cnc3ccccc3n2)C(C)(C)c2ccccc21. The van der Waals surface area contributed by atoms with Gasteiger partial charge in [0.2, 0.25) is 5.69 Å². The highest BCUT2D eigenvalue weighted by Crippen LogP contribution is 2.47. The van der Waals surface area contributed by atoms with E-state index in [4.69, 9.17) is 9.97 Å². The van der Waals surface area contributed by atoms with Gasteiger partial charge in [-0.2, -0.15) is 4.58 Å². The highest BCUT2D eigenvalue weighted by Gasteiger charge is 2.44. The third-order valence-corrected chi connectivity index (χ3v) is 9.08. The van der Waals surface area contributed by atoms with Crippen molar-refractivity contribution in [1.29, 1.82) is 0 Å². The normalized spacial score (nSPS) is 18.2. The molecule has 0 aliphatic carbocycles. The lowest BCUT2D eigenvalue weighted by Crippen LogP contribution is -2.27. The molecule has 4 heteroatoms. The van der Waals surface area contributed by atoms with Gasteiger partial charge in [0.25, 0.3) is 0 Å². The molecule has 6 rings (SSSR count). The van der Waals surface area contributed by atoms with Crippen molar-refractivity contribution in [1.82, 2.24) is 9.97 Å². The Hall–Kier alpha value is -4.31. The van der Waals surface area contributed by atoms with Crippen LogP contribution in [0.2, 0.25) is 0 Å². The highest BCUT2D eigenvalue weighted by molar-refractivity contribution is 6.04. The Morgan fingerprint density at radius 3 is 2.28 bits per heavy atom. The van der Waals surface area contributed by atoms with Crippen molar-refractivity contribution >= 4 is 33.7 Å². The van der Waals surface area contributed by atoms with E-state index in [2.05, 4.69) is 124 Å².